The topological polar surface area (TPSA) is 101 Å². The van der Waals surface area contributed by atoms with Crippen LogP contribution in [0.5, 0.6) is 0 Å². The van der Waals surface area contributed by atoms with Crippen LogP contribution in [0, 0.1) is 10.1 Å². The van der Waals surface area contributed by atoms with Gasteiger partial charge in [0.2, 0.25) is 10.0 Å². The van der Waals surface area contributed by atoms with Crippen LogP contribution in [0.3, 0.4) is 0 Å². The van der Waals surface area contributed by atoms with Crippen LogP contribution in [-0.2, 0) is 10.0 Å². The van der Waals surface area contributed by atoms with Gasteiger partial charge in [0.1, 0.15) is 0 Å². The van der Waals surface area contributed by atoms with E-state index in [4.69, 9.17) is 0 Å². The Morgan fingerprint density at radius 2 is 1.95 bits per heavy atom. The molecular formula is C12H16N2O5S. The number of nitrogens with zero attached hydrogens (tertiary/aromatic N) is 2. The van der Waals surface area contributed by atoms with Crippen molar-refractivity contribution < 1.29 is 18.4 Å². The van der Waals surface area contributed by atoms with Crippen LogP contribution in [0.4, 0.5) is 5.69 Å². The molecule has 1 aromatic rings. The van der Waals surface area contributed by atoms with Crippen molar-refractivity contribution >= 4 is 15.7 Å². The highest BCUT2D eigenvalue weighted by Crippen LogP contribution is 2.27. The van der Waals surface area contributed by atoms with Crippen LogP contribution in [0.2, 0.25) is 0 Å². The third-order valence-electron chi connectivity index (χ3n) is 3.47. The number of non-ortho nitro benzene ring substituents is 1. The molecule has 1 N–H and O–H groups in total. The van der Waals surface area contributed by atoms with Gasteiger partial charge in [-0.1, -0.05) is 6.07 Å². The summed E-state index contributed by atoms with van der Waals surface area (Å²) >= 11 is 0. The summed E-state index contributed by atoms with van der Waals surface area (Å²) in [5.41, 5.74) is -1.11. The number of aliphatic hydroxyl groups is 1. The first-order chi connectivity index (χ1) is 9.22. The minimum atomic E-state index is -3.75. The second-order valence-electron chi connectivity index (χ2n) is 5.16. The maximum absolute atomic E-state index is 12.4. The molecule has 1 fully saturated rings. The Bertz CT molecular complexity index is 616. The van der Waals surface area contributed by atoms with Crippen LogP contribution in [0.25, 0.3) is 0 Å². The molecule has 2 rings (SSSR count). The van der Waals surface area contributed by atoms with Crippen molar-refractivity contribution in [1.82, 2.24) is 4.31 Å². The molecule has 110 valence electrons. The van der Waals surface area contributed by atoms with E-state index in [1.807, 2.05) is 0 Å². The van der Waals surface area contributed by atoms with Crippen molar-refractivity contribution in [2.75, 3.05) is 13.1 Å². The van der Waals surface area contributed by atoms with E-state index in [9.17, 15) is 23.6 Å². The lowest BCUT2D eigenvalue weighted by Gasteiger charge is -2.34. The molecule has 1 aliphatic rings. The minimum Gasteiger partial charge on any atom is -0.390 e. The Hall–Kier alpha value is -1.51. The number of hydrogen-bond donors (Lipinski definition) is 1. The summed E-state index contributed by atoms with van der Waals surface area (Å²) in [6.07, 6.45) is 0.697. The zero-order valence-electron chi connectivity index (χ0n) is 11.0. The minimum absolute atomic E-state index is 0.0896. The van der Waals surface area contributed by atoms with Gasteiger partial charge in [-0.3, -0.25) is 10.1 Å². The molecule has 0 unspecified atom stereocenters. The molecule has 0 radical (unpaired) electrons. The number of piperidine rings is 1. The van der Waals surface area contributed by atoms with Gasteiger partial charge in [-0.2, -0.15) is 4.31 Å². The first-order valence-corrected chi connectivity index (χ1v) is 7.63. The van der Waals surface area contributed by atoms with Gasteiger partial charge in [-0.05, 0) is 25.8 Å². The fraction of sp³-hybridized carbons (Fsp3) is 0.500. The predicted octanol–water partition coefficient (Wildman–Crippen LogP) is 1.13. The largest absolute Gasteiger partial charge is 0.390 e. The van der Waals surface area contributed by atoms with Crippen molar-refractivity contribution in [3.8, 4) is 0 Å². The first kappa shape index (κ1) is 14.9. The van der Waals surface area contributed by atoms with Gasteiger partial charge < -0.3 is 5.11 Å². The molecule has 1 aromatic carbocycles. The van der Waals surface area contributed by atoms with Crippen molar-refractivity contribution in [2.24, 2.45) is 0 Å². The molecule has 20 heavy (non-hydrogen) atoms. The van der Waals surface area contributed by atoms with E-state index >= 15 is 0 Å². The Kier molecular flexibility index (Phi) is 3.81. The third-order valence-corrected chi connectivity index (χ3v) is 5.36. The normalized spacial score (nSPS) is 19.7. The van der Waals surface area contributed by atoms with Gasteiger partial charge >= 0.3 is 0 Å². The van der Waals surface area contributed by atoms with E-state index < -0.39 is 20.5 Å². The summed E-state index contributed by atoms with van der Waals surface area (Å²) in [7, 11) is -3.75. The second-order valence-corrected chi connectivity index (χ2v) is 7.09. The second kappa shape index (κ2) is 5.12. The lowest BCUT2D eigenvalue weighted by atomic mass is 9.95. The number of rotatable bonds is 3. The van der Waals surface area contributed by atoms with Crippen LogP contribution in [-0.4, -0.2) is 41.4 Å². The van der Waals surface area contributed by atoms with Crippen molar-refractivity contribution in [1.29, 1.82) is 0 Å². The van der Waals surface area contributed by atoms with E-state index in [0.29, 0.717) is 12.8 Å². The van der Waals surface area contributed by atoms with E-state index in [1.165, 1.54) is 22.5 Å². The highest BCUT2D eigenvalue weighted by atomic mass is 32.2. The van der Waals surface area contributed by atoms with Crippen molar-refractivity contribution in [3.05, 3.63) is 34.4 Å². The van der Waals surface area contributed by atoms with E-state index in [-0.39, 0.29) is 23.7 Å². The zero-order valence-corrected chi connectivity index (χ0v) is 11.8. The van der Waals surface area contributed by atoms with E-state index in [2.05, 4.69) is 0 Å². The Labute approximate surface area is 117 Å². The summed E-state index contributed by atoms with van der Waals surface area (Å²) in [5.74, 6) is 0. The Morgan fingerprint density at radius 3 is 2.50 bits per heavy atom. The predicted molar refractivity (Wildman–Crippen MR) is 71.7 cm³/mol. The molecule has 1 aliphatic heterocycles. The van der Waals surface area contributed by atoms with Crippen molar-refractivity contribution in [3.63, 3.8) is 0 Å². The van der Waals surface area contributed by atoms with Crippen LogP contribution in [0.1, 0.15) is 19.8 Å². The van der Waals surface area contributed by atoms with Gasteiger partial charge in [0.05, 0.1) is 15.4 Å². The summed E-state index contributed by atoms with van der Waals surface area (Å²) in [5, 5.41) is 20.5. The van der Waals surface area contributed by atoms with Gasteiger partial charge in [-0.15, -0.1) is 0 Å². The van der Waals surface area contributed by atoms with Gasteiger partial charge in [0.15, 0.2) is 0 Å². The van der Waals surface area contributed by atoms with Gasteiger partial charge in [0, 0.05) is 25.2 Å². The number of nitro groups is 1. The molecule has 8 heteroatoms. The number of nitro benzene ring substituents is 1. The zero-order chi connectivity index (χ0) is 15.0. The summed E-state index contributed by atoms with van der Waals surface area (Å²) in [6, 6.07) is 5.00. The monoisotopic (exact) mass is 300 g/mol. The maximum Gasteiger partial charge on any atom is 0.270 e. The highest BCUT2D eigenvalue weighted by molar-refractivity contribution is 7.89. The molecule has 0 spiro atoms. The average molecular weight is 300 g/mol. The number of hydrogen-bond acceptors (Lipinski definition) is 5. The molecule has 0 aromatic heterocycles. The smallest absolute Gasteiger partial charge is 0.270 e. The van der Waals surface area contributed by atoms with Gasteiger partial charge in [-0.25, -0.2) is 8.42 Å². The molecule has 1 heterocycles. The fourth-order valence-corrected chi connectivity index (χ4v) is 3.60. The van der Waals surface area contributed by atoms with Gasteiger partial charge in [0.25, 0.3) is 5.69 Å². The van der Waals surface area contributed by atoms with Crippen molar-refractivity contribution in [2.45, 2.75) is 30.3 Å². The Morgan fingerprint density at radius 1 is 1.35 bits per heavy atom. The Balaban J connectivity index is 2.27. The van der Waals surface area contributed by atoms with E-state index in [1.54, 1.807) is 6.92 Å². The standard InChI is InChI=1S/C12H16N2O5S/c1-12(15)5-7-13(8-6-12)20(18,19)11-4-2-3-10(9-11)14(16)17/h2-4,9,15H,5-8H2,1H3. The van der Waals surface area contributed by atoms with Crippen LogP contribution in [0.15, 0.2) is 29.2 Å². The summed E-state index contributed by atoms with van der Waals surface area (Å²) in [6.45, 7) is 2.08. The molecule has 7 nitrogen and oxygen atoms in total. The lowest BCUT2D eigenvalue weighted by molar-refractivity contribution is -0.385. The third kappa shape index (κ3) is 2.97. The van der Waals surface area contributed by atoms with Crippen LogP contribution >= 0.6 is 0 Å². The first-order valence-electron chi connectivity index (χ1n) is 6.19. The van der Waals surface area contributed by atoms with E-state index in [0.717, 1.165) is 6.07 Å². The lowest BCUT2D eigenvalue weighted by Crippen LogP contribution is -2.45. The molecule has 0 aliphatic carbocycles. The molecular weight excluding hydrogens is 284 g/mol. The highest BCUT2D eigenvalue weighted by Gasteiger charge is 2.34. The number of benzene rings is 1. The molecule has 0 atom stereocenters. The summed E-state index contributed by atoms with van der Waals surface area (Å²) < 4.78 is 26.0. The van der Waals surface area contributed by atoms with Crippen LogP contribution < -0.4 is 0 Å². The molecule has 1 saturated heterocycles. The molecule has 0 amide bonds. The summed E-state index contributed by atoms with van der Waals surface area (Å²) in [4.78, 5) is 9.99. The number of sulfonamides is 1. The SMILES string of the molecule is CC1(O)CCN(S(=O)(=O)c2cccc([N+](=O)[O-])c2)CC1. The average Bonchev–Trinajstić information content (AvgIpc) is 2.38. The molecule has 0 bridgehead atoms. The quantitative estimate of drug-likeness (QED) is 0.666. The molecule has 0 saturated carbocycles. The maximum atomic E-state index is 12.4. The fourth-order valence-electron chi connectivity index (χ4n) is 2.11.